The third-order valence-corrected chi connectivity index (χ3v) is 3.01. The Morgan fingerprint density at radius 2 is 1.89 bits per heavy atom. The number of hydrogen-bond acceptors (Lipinski definition) is 3. The summed E-state index contributed by atoms with van der Waals surface area (Å²) in [5.41, 5.74) is 7.15. The highest BCUT2D eigenvalue weighted by molar-refractivity contribution is 5.93. The number of amides is 1. The van der Waals surface area contributed by atoms with E-state index in [0.29, 0.717) is 24.6 Å². The monoisotopic (exact) mass is 258 g/mol. The molecule has 0 aliphatic rings. The van der Waals surface area contributed by atoms with Crippen LogP contribution in [0, 0.1) is 0 Å². The van der Waals surface area contributed by atoms with Crippen LogP contribution >= 0.6 is 0 Å². The van der Waals surface area contributed by atoms with Crippen LogP contribution in [0.15, 0.2) is 36.4 Å². The lowest BCUT2D eigenvalue weighted by molar-refractivity contribution is 0.0766. The summed E-state index contributed by atoms with van der Waals surface area (Å²) in [5.74, 6) is 0.369. The average Bonchev–Trinajstić information content (AvgIpc) is 2.83. The van der Waals surface area contributed by atoms with E-state index in [1.54, 1.807) is 15.6 Å². The van der Waals surface area contributed by atoms with E-state index in [4.69, 9.17) is 5.73 Å². The van der Waals surface area contributed by atoms with Gasteiger partial charge in [0.1, 0.15) is 5.82 Å². The van der Waals surface area contributed by atoms with Crippen LogP contribution in [0.3, 0.4) is 0 Å². The van der Waals surface area contributed by atoms with Gasteiger partial charge in [-0.2, -0.15) is 5.10 Å². The van der Waals surface area contributed by atoms with Gasteiger partial charge in [0, 0.05) is 19.2 Å². The number of aromatic nitrogens is 2. The van der Waals surface area contributed by atoms with Gasteiger partial charge in [-0.15, -0.1) is 0 Å². The number of nitrogens with two attached hydrogens (primary N) is 1. The summed E-state index contributed by atoms with van der Waals surface area (Å²) < 4.78 is 1.58. The van der Waals surface area contributed by atoms with Gasteiger partial charge >= 0.3 is 0 Å². The summed E-state index contributed by atoms with van der Waals surface area (Å²) in [6, 6.07) is 11.1. The third kappa shape index (κ3) is 2.59. The van der Waals surface area contributed by atoms with E-state index in [1.165, 1.54) is 0 Å². The van der Waals surface area contributed by atoms with Crippen LogP contribution in [-0.2, 0) is 0 Å². The molecule has 1 amide bonds. The summed E-state index contributed by atoms with van der Waals surface area (Å²) in [6.07, 6.45) is 0. The van der Waals surface area contributed by atoms with Crippen molar-refractivity contribution in [2.24, 2.45) is 0 Å². The normalized spacial score (nSPS) is 10.4. The summed E-state index contributed by atoms with van der Waals surface area (Å²) >= 11 is 0. The molecule has 0 spiro atoms. The molecular formula is C14H18N4O. The largest absolute Gasteiger partial charge is 0.384 e. The number of nitrogens with zero attached hydrogens (tertiary/aromatic N) is 3. The standard InChI is InChI=1S/C14H18N4O/c1-3-17(4-2)14(19)12-10-13(15)18(16-12)11-8-6-5-7-9-11/h5-10H,3-4,15H2,1-2H3. The molecule has 0 bridgehead atoms. The SMILES string of the molecule is CCN(CC)C(=O)c1cc(N)n(-c2ccccc2)n1. The predicted octanol–water partition coefficient (Wildman–Crippen LogP) is 1.94. The Kier molecular flexibility index (Phi) is 3.85. The number of para-hydroxylation sites is 1. The topological polar surface area (TPSA) is 64.2 Å². The van der Waals surface area contributed by atoms with Crippen molar-refractivity contribution in [3.05, 3.63) is 42.1 Å². The molecule has 0 aliphatic heterocycles. The molecule has 2 rings (SSSR count). The lowest BCUT2D eigenvalue weighted by atomic mass is 10.3. The lowest BCUT2D eigenvalue weighted by Crippen LogP contribution is -2.30. The highest BCUT2D eigenvalue weighted by Crippen LogP contribution is 2.15. The molecule has 1 aromatic carbocycles. The Morgan fingerprint density at radius 3 is 2.47 bits per heavy atom. The van der Waals surface area contributed by atoms with Gasteiger partial charge in [0.05, 0.1) is 5.69 Å². The molecule has 2 N–H and O–H groups in total. The maximum Gasteiger partial charge on any atom is 0.274 e. The minimum Gasteiger partial charge on any atom is -0.384 e. The molecule has 0 atom stereocenters. The van der Waals surface area contributed by atoms with Gasteiger partial charge in [0.25, 0.3) is 5.91 Å². The first-order chi connectivity index (χ1) is 9.17. The van der Waals surface area contributed by atoms with E-state index in [-0.39, 0.29) is 5.91 Å². The van der Waals surface area contributed by atoms with E-state index in [0.717, 1.165) is 5.69 Å². The second kappa shape index (κ2) is 5.56. The molecule has 100 valence electrons. The van der Waals surface area contributed by atoms with Crippen LogP contribution < -0.4 is 5.73 Å². The number of benzene rings is 1. The van der Waals surface area contributed by atoms with Gasteiger partial charge < -0.3 is 10.6 Å². The highest BCUT2D eigenvalue weighted by Gasteiger charge is 2.17. The van der Waals surface area contributed by atoms with Crippen molar-refractivity contribution in [3.8, 4) is 5.69 Å². The van der Waals surface area contributed by atoms with Crippen LogP contribution in [0.1, 0.15) is 24.3 Å². The third-order valence-electron chi connectivity index (χ3n) is 3.01. The minimum absolute atomic E-state index is 0.0913. The second-order valence-corrected chi connectivity index (χ2v) is 4.18. The van der Waals surface area contributed by atoms with Crippen molar-refractivity contribution in [2.75, 3.05) is 18.8 Å². The van der Waals surface area contributed by atoms with Crippen molar-refractivity contribution >= 4 is 11.7 Å². The first kappa shape index (κ1) is 13.1. The van der Waals surface area contributed by atoms with E-state index in [2.05, 4.69) is 5.10 Å². The molecule has 2 aromatic rings. The molecule has 1 heterocycles. The van der Waals surface area contributed by atoms with Crippen molar-refractivity contribution in [2.45, 2.75) is 13.8 Å². The van der Waals surface area contributed by atoms with Crippen LogP contribution in [0.4, 0.5) is 5.82 Å². The van der Waals surface area contributed by atoms with Gasteiger partial charge in [0.2, 0.25) is 0 Å². The highest BCUT2D eigenvalue weighted by atomic mass is 16.2. The number of carbonyl (C=O) groups excluding carboxylic acids is 1. The number of hydrogen-bond donors (Lipinski definition) is 1. The Morgan fingerprint density at radius 1 is 1.26 bits per heavy atom. The summed E-state index contributed by atoms with van der Waals surface area (Å²) in [7, 11) is 0. The summed E-state index contributed by atoms with van der Waals surface area (Å²) in [5, 5.41) is 4.30. The number of carbonyl (C=O) groups is 1. The fraction of sp³-hybridized carbons (Fsp3) is 0.286. The Bertz CT molecular complexity index is 558. The summed E-state index contributed by atoms with van der Waals surface area (Å²) in [4.78, 5) is 13.9. The van der Waals surface area contributed by atoms with Crippen LogP contribution in [-0.4, -0.2) is 33.7 Å². The molecule has 1 aromatic heterocycles. The molecule has 0 saturated carbocycles. The van der Waals surface area contributed by atoms with E-state index < -0.39 is 0 Å². The molecule has 0 unspecified atom stereocenters. The fourth-order valence-electron chi connectivity index (χ4n) is 1.95. The smallest absolute Gasteiger partial charge is 0.274 e. The zero-order valence-corrected chi connectivity index (χ0v) is 11.2. The van der Waals surface area contributed by atoms with Crippen molar-refractivity contribution in [1.82, 2.24) is 14.7 Å². The molecule has 0 aliphatic carbocycles. The van der Waals surface area contributed by atoms with E-state index in [1.807, 2.05) is 44.2 Å². The van der Waals surface area contributed by atoms with E-state index >= 15 is 0 Å². The van der Waals surface area contributed by atoms with Crippen molar-refractivity contribution < 1.29 is 4.79 Å². The van der Waals surface area contributed by atoms with Crippen molar-refractivity contribution in [3.63, 3.8) is 0 Å². The minimum atomic E-state index is -0.0913. The summed E-state index contributed by atoms with van der Waals surface area (Å²) in [6.45, 7) is 5.21. The molecular weight excluding hydrogens is 240 g/mol. The van der Waals surface area contributed by atoms with Gasteiger partial charge in [-0.05, 0) is 26.0 Å². The van der Waals surface area contributed by atoms with Crippen LogP contribution in [0.2, 0.25) is 0 Å². The molecule has 0 radical (unpaired) electrons. The lowest BCUT2D eigenvalue weighted by Gasteiger charge is -2.16. The number of anilines is 1. The van der Waals surface area contributed by atoms with Gasteiger partial charge in [-0.25, -0.2) is 4.68 Å². The quantitative estimate of drug-likeness (QED) is 0.911. The van der Waals surface area contributed by atoms with Gasteiger partial charge in [-0.3, -0.25) is 4.79 Å². The van der Waals surface area contributed by atoms with Crippen LogP contribution in [0.5, 0.6) is 0 Å². The maximum atomic E-state index is 12.2. The number of nitrogen functional groups attached to an aromatic ring is 1. The average molecular weight is 258 g/mol. The first-order valence-electron chi connectivity index (χ1n) is 6.37. The maximum absolute atomic E-state index is 12.2. The Balaban J connectivity index is 2.34. The molecule has 0 fully saturated rings. The van der Waals surface area contributed by atoms with Gasteiger partial charge in [0.15, 0.2) is 5.69 Å². The molecule has 19 heavy (non-hydrogen) atoms. The van der Waals surface area contributed by atoms with E-state index in [9.17, 15) is 4.79 Å². The second-order valence-electron chi connectivity index (χ2n) is 4.18. The van der Waals surface area contributed by atoms with Crippen molar-refractivity contribution in [1.29, 1.82) is 0 Å². The van der Waals surface area contributed by atoms with Crippen LogP contribution in [0.25, 0.3) is 5.69 Å². The zero-order chi connectivity index (χ0) is 13.8. The Hall–Kier alpha value is -2.30. The first-order valence-corrected chi connectivity index (χ1v) is 6.37. The zero-order valence-electron chi connectivity index (χ0n) is 11.2. The molecule has 5 heteroatoms. The Labute approximate surface area is 112 Å². The molecule has 0 saturated heterocycles. The van der Waals surface area contributed by atoms with Gasteiger partial charge in [-0.1, -0.05) is 18.2 Å². The number of rotatable bonds is 4. The fourth-order valence-corrected chi connectivity index (χ4v) is 1.95. The molecule has 5 nitrogen and oxygen atoms in total. The predicted molar refractivity (Wildman–Crippen MR) is 75.2 cm³/mol.